The number of amides is 2. The topological polar surface area (TPSA) is 67.4 Å². The van der Waals surface area contributed by atoms with E-state index in [0.29, 0.717) is 27.6 Å². The minimum atomic E-state index is -0.369. The van der Waals surface area contributed by atoms with E-state index < -0.39 is 0 Å². The van der Waals surface area contributed by atoms with Crippen LogP contribution in [0.15, 0.2) is 66.7 Å². The van der Waals surface area contributed by atoms with Crippen molar-refractivity contribution < 1.29 is 14.3 Å². The Kier molecular flexibility index (Phi) is 5.96. The summed E-state index contributed by atoms with van der Waals surface area (Å²) >= 11 is 6.00. The maximum Gasteiger partial charge on any atom is 0.255 e. The van der Waals surface area contributed by atoms with Crippen molar-refractivity contribution in [1.82, 2.24) is 0 Å². The van der Waals surface area contributed by atoms with Crippen LogP contribution in [0.5, 0.6) is 5.75 Å². The first-order valence-electron chi connectivity index (χ1n) is 8.60. The van der Waals surface area contributed by atoms with Crippen LogP contribution in [0.3, 0.4) is 0 Å². The molecule has 0 heterocycles. The van der Waals surface area contributed by atoms with Crippen LogP contribution in [0.25, 0.3) is 0 Å². The SMILES string of the molecule is COc1ccc(Cl)cc1NC(=O)c1cccc(C(=O)Nc2ccccc2C)c1. The minimum Gasteiger partial charge on any atom is -0.495 e. The highest BCUT2D eigenvalue weighted by molar-refractivity contribution is 6.31. The maximum atomic E-state index is 12.6. The van der Waals surface area contributed by atoms with E-state index in [0.717, 1.165) is 11.3 Å². The van der Waals surface area contributed by atoms with Crippen molar-refractivity contribution in [3.63, 3.8) is 0 Å². The fourth-order valence-corrected chi connectivity index (χ4v) is 2.85. The van der Waals surface area contributed by atoms with E-state index in [2.05, 4.69) is 10.6 Å². The Hall–Kier alpha value is -3.31. The van der Waals surface area contributed by atoms with Crippen molar-refractivity contribution in [2.24, 2.45) is 0 Å². The number of nitrogens with one attached hydrogen (secondary N) is 2. The van der Waals surface area contributed by atoms with Gasteiger partial charge < -0.3 is 15.4 Å². The Bertz CT molecular complexity index is 1030. The summed E-state index contributed by atoms with van der Waals surface area (Å²) < 4.78 is 5.24. The monoisotopic (exact) mass is 394 g/mol. The number of ether oxygens (including phenoxy) is 1. The van der Waals surface area contributed by atoms with E-state index >= 15 is 0 Å². The number of halogens is 1. The number of carbonyl (C=O) groups is 2. The molecule has 0 aliphatic rings. The van der Waals surface area contributed by atoms with E-state index in [4.69, 9.17) is 16.3 Å². The molecule has 0 unspecified atom stereocenters. The first-order chi connectivity index (χ1) is 13.5. The van der Waals surface area contributed by atoms with Gasteiger partial charge in [-0.05, 0) is 55.0 Å². The van der Waals surface area contributed by atoms with Crippen LogP contribution in [0.4, 0.5) is 11.4 Å². The summed E-state index contributed by atoms with van der Waals surface area (Å²) in [7, 11) is 1.51. The van der Waals surface area contributed by atoms with Crippen molar-refractivity contribution >= 4 is 34.8 Å². The van der Waals surface area contributed by atoms with Crippen LogP contribution in [0.2, 0.25) is 5.02 Å². The predicted molar refractivity (Wildman–Crippen MR) is 112 cm³/mol. The van der Waals surface area contributed by atoms with Crippen molar-refractivity contribution in [2.45, 2.75) is 6.92 Å². The normalized spacial score (nSPS) is 10.2. The highest BCUT2D eigenvalue weighted by atomic mass is 35.5. The van der Waals surface area contributed by atoms with Crippen LogP contribution in [0.1, 0.15) is 26.3 Å². The number of anilines is 2. The zero-order valence-corrected chi connectivity index (χ0v) is 16.2. The second kappa shape index (κ2) is 8.59. The van der Waals surface area contributed by atoms with Crippen molar-refractivity contribution in [1.29, 1.82) is 0 Å². The number of aryl methyl sites for hydroxylation is 1. The number of carbonyl (C=O) groups excluding carboxylic acids is 2. The van der Waals surface area contributed by atoms with Crippen molar-refractivity contribution in [3.8, 4) is 5.75 Å². The molecule has 0 saturated carbocycles. The summed E-state index contributed by atoms with van der Waals surface area (Å²) in [5.74, 6) is -0.165. The van der Waals surface area contributed by atoms with Crippen LogP contribution < -0.4 is 15.4 Å². The lowest BCUT2D eigenvalue weighted by Gasteiger charge is -2.12. The molecule has 3 aromatic rings. The van der Waals surface area contributed by atoms with Crippen LogP contribution in [0, 0.1) is 6.92 Å². The number of para-hydroxylation sites is 1. The van der Waals surface area contributed by atoms with Crippen LogP contribution in [-0.4, -0.2) is 18.9 Å². The molecule has 3 aromatic carbocycles. The Balaban J connectivity index is 1.79. The van der Waals surface area contributed by atoms with Gasteiger partial charge in [-0.1, -0.05) is 35.9 Å². The van der Waals surface area contributed by atoms with E-state index in [-0.39, 0.29) is 11.8 Å². The smallest absolute Gasteiger partial charge is 0.255 e. The second-order valence-electron chi connectivity index (χ2n) is 6.15. The van der Waals surface area contributed by atoms with Gasteiger partial charge in [-0.3, -0.25) is 9.59 Å². The number of hydrogen-bond acceptors (Lipinski definition) is 3. The zero-order chi connectivity index (χ0) is 20.1. The summed E-state index contributed by atoms with van der Waals surface area (Å²) in [6.07, 6.45) is 0. The van der Waals surface area contributed by atoms with Gasteiger partial charge in [-0.2, -0.15) is 0 Å². The molecule has 0 radical (unpaired) electrons. The fourth-order valence-electron chi connectivity index (χ4n) is 2.68. The molecule has 0 aliphatic heterocycles. The van der Waals surface area contributed by atoms with Crippen LogP contribution >= 0.6 is 11.6 Å². The minimum absolute atomic E-state index is 0.288. The summed E-state index contributed by atoms with van der Waals surface area (Å²) in [5.41, 5.74) is 2.87. The highest BCUT2D eigenvalue weighted by Crippen LogP contribution is 2.28. The highest BCUT2D eigenvalue weighted by Gasteiger charge is 2.14. The largest absolute Gasteiger partial charge is 0.495 e. The van der Waals surface area contributed by atoms with Gasteiger partial charge in [0.15, 0.2) is 0 Å². The van der Waals surface area contributed by atoms with Crippen molar-refractivity contribution in [3.05, 3.63) is 88.4 Å². The average Bonchev–Trinajstić information content (AvgIpc) is 2.70. The van der Waals surface area contributed by atoms with Crippen molar-refractivity contribution in [2.75, 3.05) is 17.7 Å². The molecule has 6 heteroatoms. The van der Waals surface area contributed by atoms with Gasteiger partial charge in [0.1, 0.15) is 5.75 Å². The molecule has 0 aromatic heterocycles. The summed E-state index contributed by atoms with van der Waals surface area (Å²) in [6.45, 7) is 1.91. The third kappa shape index (κ3) is 4.50. The molecule has 0 atom stereocenters. The fraction of sp³-hybridized carbons (Fsp3) is 0.0909. The molecule has 0 saturated heterocycles. The molecular weight excluding hydrogens is 376 g/mol. The predicted octanol–water partition coefficient (Wildman–Crippen LogP) is 5.16. The number of benzene rings is 3. The molecule has 2 N–H and O–H groups in total. The van der Waals surface area contributed by atoms with E-state index in [1.54, 1.807) is 42.5 Å². The second-order valence-corrected chi connectivity index (χ2v) is 6.59. The summed E-state index contributed by atoms with van der Waals surface area (Å²) in [5, 5.41) is 6.10. The van der Waals surface area contributed by atoms with Gasteiger partial charge in [-0.15, -0.1) is 0 Å². The average molecular weight is 395 g/mol. The van der Waals surface area contributed by atoms with Gasteiger partial charge in [0.05, 0.1) is 12.8 Å². The first-order valence-corrected chi connectivity index (χ1v) is 8.97. The third-order valence-corrected chi connectivity index (χ3v) is 4.43. The number of methoxy groups -OCH3 is 1. The van der Waals surface area contributed by atoms with Crippen LogP contribution in [-0.2, 0) is 0 Å². The Morgan fingerprint density at radius 1 is 0.821 bits per heavy atom. The molecule has 5 nitrogen and oxygen atoms in total. The molecule has 0 fully saturated rings. The molecule has 142 valence electrons. The Morgan fingerprint density at radius 3 is 2.11 bits per heavy atom. The first kappa shape index (κ1) is 19.5. The maximum absolute atomic E-state index is 12.6. The molecule has 0 bridgehead atoms. The van der Waals surface area contributed by atoms with E-state index in [9.17, 15) is 9.59 Å². The van der Waals surface area contributed by atoms with Gasteiger partial charge in [0.2, 0.25) is 0 Å². The summed E-state index contributed by atoms with van der Waals surface area (Å²) in [4.78, 5) is 25.2. The lowest BCUT2D eigenvalue weighted by atomic mass is 10.1. The zero-order valence-electron chi connectivity index (χ0n) is 15.5. The molecule has 3 rings (SSSR count). The Labute approximate surface area is 168 Å². The lowest BCUT2D eigenvalue weighted by Crippen LogP contribution is -2.16. The summed E-state index contributed by atoms with van der Waals surface area (Å²) in [6, 6.07) is 18.9. The van der Waals surface area contributed by atoms with Gasteiger partial charge in [0, 0.05) is 21.8 Å². The quantitative estimate of drug-likeness (QED) is 0.628. The molecule has 0 spiro atoms. The van der Waals surface area contributed by atoms with Gasteiger partial charge in [0.25, 0.3) is 11.8 Å². The molecule has 2 amide bonds. The molecular formula is C22H19ClN2O3. The van der Waals surface area contributed by atoms with Gasteiger partial charge in [-0.25, -0.2) is 0 Å². The number of hydrogen-bond donors (Lipinski definition) is 2. The molecule has 0 aliphatic carbocycles. The molecule has 28 heavy (non-hydrogen) atoms. The Morgan fingerprint density at radius 2 is 1.46 bits per heavy atom. The third-order valence-electron chi connectivity index (χ3n) is 4.19. The standard InChI is InChI=1S/C22H19ClN2O3/c1-14-6-3-4-9-18(14)24-21(26)15-7-5-8-16(12-15)22(27)25-19-13-17(23)10-11-20(19)28-2/h3-13H,1-2H3,(H,24,26)(H,25,27). The lowest BCUT2D eigenvalue weighted by molar-refractivity contribution is 0.102. The van der Waals surface area contributed by atoms with E-state index in [1.807, 2.05) is 31.2 Å². The van der Waals surface area contributed by atoms with Gasteiger partial charge >= 0.3 is 0 Å². The number of rotatable bonds is 5. The van der Waals surface area contributed by atoms with E-state index in [1.165, 1.54) is 7.11 Å².